The first kappa shape index (κ1) is 28.0. The molecule has 0 aromatic carbocycles. The van der Waals surface area contributed by atoms with Crippen molar-refractivity contribution in [1.82, 2.24) is 0 Å². The van der Waals surface area contributed by atoms with E-state index < -0.39 is 58.2 Å². The second kappa shape index (κ2) is 8.15. The Morgan fingerprint density at radius 3 is 1.68 bits per heavy atom. The van der Waals surface area contributed by atoms with Crippen molar-refractivity contribution in [3.05, 3.63) is 16.0 Å². The summed E-state index contributed by atoms with van der Waals surface area (Å²) in [5.74, 6) is -43.7. The van der Waals surface area contributed by atoms with Crippen LogP contribution >= 0.6 is 11.3 Å². The minimum Gasteiger partial charge on any atom is -0.365 e. The van der Waals surface area contributed by atoms with Gasteiger partial charge in [-0.2, -0.15) is 57.1 Å². The smallest absolute Gasteiger partial charge is 0.365 e. The van der Waals surface area contributed by atoms with Gasteiger partial charge in [0.2, 0.25) is 0 Å². The first-order valence-corrected chi connectivity index (χ1v) is 9.59. The molecule has 0 saturated carbocycles. The fourth-order valence-electron chi connectivity index (χ4n) is 3.01. The first-order chi connectivity index (χ1) is 15.1. The van der Waals surface area contributed by atoms with E-state index in [2.05, 4.69) is 0 Å². The molecule has 0 atom stereocenters. The number of hydrogen-bond acceptors (Lipinski definition) is 3. The van der Waals surface area contributed by atoms with E-state index in [0.29, 0.717) is 24.2 Å². The summed E-state index contributed by atoms with van der Waals surface area (Å²) in [6.45, 7) is 0. The quantitative estimate of drug-likeness (QED) is 0.453. The maximum atomic E-state index is 14.0. The lowest BCUT2D eigenvalue weighted by Crippen LogP contribution is -2.71. The Labute approximate surface area is 184 Å². The summed E-state index contributed by atoms with van der Waals surface area (Å²) in [5, 5.41) is 0.000249. The Morgan fingerprint density at radius 2 is 1.21 bits per heavy atom. The van der Waals surface area contributed by atoms with E-state index in [9.17, 15) is 66.7 Å². The summed E-state index contributed by atoms with van der Waals surface area (Å²) in [6, 6.07) is 0. The third kappa shape index (κ3) is 3.86. The summed E-state index contributed by atoms with van der Waals surface area (Å²) in [4.78, 5) is 23.6. The number of amides is 2. The number of carbonyl (C=O) groups excluding carboxylic acids is 2. The topological polar surface area (TPSA) is 72.2 Å². The molecular formula is C16H11F13N2O2S. The number of alkyl halides is 13. The molecule has 194 valence electrons. The van der Waals surface area contributed by atoms with E-state index in [0.717, 1.165) is 5.32 Å². The molecule has 1 heterocycles. The highest BCUT2D eigenvalue weighted by atomic mass is 32.1. The van der Waals surface area contributed by atoms with E-state index in [1.54, 1.807) is 0 Å². The van der Waals surface area contributed by atoms with E-state index in [4.69, 9.17) is 5.73 Å². The SMILES string of the molecule is NC(=O)c1c(NC(=O)C(F)(F)C(F)(F)C(F)(F)C(F)(F)C(F)(F)C(F)(F)F)sc2c1CCCC2. The van der Waals surface area contributed by atoms with Gasteiger partial charge in [-0.15, -0.1) is 11.3 Å². The largest absolute Gasteiger partial charge is 0.460 e. The number of fused-ring (bicyclic) bond motifs is 1. The molecule has 0 fully saturated rings. The van der Waals surface area contributed by atoms with Crippen molar-refractivity contribution in [2.24, 2.45) is 5.73 Å². The standard InChI is InChI=1S/C16H11F13N2O2S/c17-11(18,12(19,20)13(21,22)14(23,24)15(25,26)16(27,28)29)10(33)31-9-7(8(30)32)5-3-1-2-4-6(5)34-9/h1-4H2,(H2,30,32)(H,31,33). The average molecular weight is 542 g/mol. The monoisotopic (exact) mass is 542 g/mol. The summed E-state index contributed by atoms with van der Waals surface area (Å²) in [6.07, 6.45) is -6.29. The van der Waals surface area contributed by atoms with Gasteiger partial charge >= 0.3 is 41.7 Å². The number of carbonyl (C=O) groups is 2. The minimum absolute atomic E-state index is 0.114. The zero-order chi connectivity index (χ0) is 26.7. The van der Waals surface area contributed by atoms with Gasteiger partial charge in [0.25, 0.3) is 5.91 Å². The lowest BCUT2D eigenvalue weighted by molar-refractivity contribution is -0.435. The van der Waals surface area contributed by atoms with Crippen LogP contribution in [0.2, 0.25) is 0 Å². The number of nitrogens with one attached hydrogen (secondary N) is 1. The maximum absolute atomic E-state index is 14.0. The van der Waals surface area contributed by atoms with Crippen molar-refractivity contribution >= 4 is 28.2 Å². The third-order valence-electron chi connectivity index (χ3n) is 4.86. The maximum Gasteiger partial charge on any atom is 0.460 e. The van der Waals surface area contributed by atoms with Gasteiger partial charge < -0.3 is 11.1 Å². The third-order valence-corrected chi connectivity index (χ3v) is 6.07. The molecule has 18 heteroatoms. The minimum atomic E-state index is -8.12. The van der Waals surface area contributed by atoms with Crippen LogP contribution < -0.4 is 11.1 Å². The van der Waals surface area contributed by atoms with Crippen molar-refractivity contribution < 1.29 is 66.7 Å². The van der Waals surface area contributed by atoms with Gasteiger partial charge in [-0.05, 0) is 31.2 Å². The second-order valence-electron chi connectivity index (χ2n) is 7.10. The molecule has 0 spiro atoms. The van der Waals surface area contributed by atoms with Crippen molar-refractivity contribution in [1.29, 1.82) is 0 Å². The Kier molecular flexibility index (Phi) is 6.70. The number of anilines is 1. The Bertz CT molecular complexity index is 984. The van der Waals surface area contributed by atoms with Crippen LogP contribution in [0, 0.1) is 0 Å². The van der Waals surface area contributed by atoms with E-state index in [1.165, 1.54) is 0 Å². The summed E-state index contributed by atoms with van der Waals surface area (Å²) in [5.41, 5.74) is 4.50. The molecule has 0 saturated heterocycles. The van der Waals surface area contributed by atoms with Crippen molar-refractivity contribution in [3.63, 3.8) is 0 Å². The van der Waals surface area contributed by atoms with Crippen LogP contribution in [-0.4, -0.2) is 47.6 Å². The molecule has 0 bridgehead atoms. The van der Waals surface area contributed by atoms with Crippen LogP contribution in [0.1, 0.15) is 33.6 Å². The van der Waals surface area contributed by atoms with Crippen LogP contribution in [-0.2, 0) is 17.6 Å². The normalized spacial score (nSPS) is 16.3. The average Bonchev–Trinajstić information content (AvgIpc) is 3.04. The highest BCUT2D eigenvalue weighted by Crippen LogP contribution is 2.60. The molecule has 0 aliphatic heterocycles. The summed E-state index contributed by atoms with van der Waals surface area (Å²) < 4.78 is 171. The Morgan fingerprint density at radius 1 is 0.735 bits per heavy atom. The van der Waals surface area contributed by atoms with Gasteiger partial charge in [0.1, 0.15) is 5.00 Å². The van der Waals surface area contributed by atoms with E-state index >= 15 is 0 Å². The second-order valence-corrected chi connectivity index (χ2v) is 8.21. The number of primary amides is 1. The molecule has 1 aromatic rings. The molecule has 3 N–H and O–H groups in total. The highest BCUT2D eigenvalue weighted by Gasteiger charge is 2.91. The molecule has 2 rings (SSSR count). The molecule has 34 heavy (non-hydrogen) atoms. The van der Waals surface area contributed by atoms with Gasteiger partial charge in [-0.3, -0.25) is 9.59 Å². The molecule has 4 nitrogen and oxygen atoms in total. The van der Waals surface area contributed by atoms with Crippen LogP contribution in [0.4, 0.5) is 62.1 Å². The van der Waals surface area contributed by atoms with Gasteiger partial charge in [-0.25, -0.2) is 0 Å². The predicted octanol–water partition coefficient (Wildman–Crippen LogP) is 5.40. The zero-order valence-corrected chi connectivity index (χ0v) is 16.9. The number of thiophene rings is 1. The van der Waals surface area contributed by atoms with Gasteiger partial charge in [0, 0.05) is 4.88 Å². The molecule has 0 unspecified atom stereocenters. The molecule has 1 aliphatic carbocycles. The number of aryl methyl sites for hydroxylation is 1. The zero-order valence-electron chi connectivity index (χ0n) is 16.0. The first-order valence-electron chi connectivity index (χ1n) is 8.77. The number of halogens is 13. The molecule has 2 amide bonds. The van der Waals surface area contributed by atoms with Gasteiger partial charge in [-0.1, -0.05) is 0 Å². The molecular weight excluding hydrogens is 531 g/mol. The molecule has 1 aromatic heterocycles. The fraction of sp³-hybridized carbons (Fsp3) is 0.625. The van der Waals surface area contributed by atoms with Crippen LogP contribution in [0.25, 0.3) is 0 Å². The highest BCUT2D eigenvalue weighted by molar-refractivity contribution is 7.17. The van der Waals surface area contributed by atoms with Crippen molar-refractivity contribution in [2.75, 3.05) is 5.32 Å². The lowest BCUT2D eigenvalue weighted by Gasteiger charge is -2.39. The predicted molar refractivity (Wildman–Crippen MR) is 88.9 cm³/mol. The lowest BCUT2D eigenvalue weighted by atomic mass is 9.93. The molecule has 1 aliphatic rings. The Balaban J connectivity index is 2.49. The van der Waals surface area contributed by atoms with E-state index in [1.807, 2.05) is 0 Å². The van der Waals surface area contributed by atoms with Gasteiger partial charge in [0.05, 0.1) is 5.56 Å². The summed E-state index contributed by atoms with van der Waals surface area (Å²) >= 11 is 0.351. The number of nitrogens with two attached hydrogens (primary N) is 1. The van der Waals surface area contributed by atoms with E-state index in [-0.39, 0.29) is 23.3 Å². The molecule has 0 radical (unpaired) electrons. The summed E-state index contributed by atoms with van der Waals surface area (Å²) in [7, 11) is 0. The fourth-order valence-corrected chi connectivity index (χ4v) is 4.30. The van der Waals surface area contributed by atoms with Crippen LogP contribution in [0.5, 0.6) is 0 Å². The number of rotatable bonds is 7. The van der Waals surface area contributed by atoms with Gasteiger partial charge in [0.15, 0.2) is 0 Å². The van der Waals surface area contributed by atoms with Crippen LogP contribution in [0.15, 0.2) is 0 Å². The Hall–Kier alpha value is -2.27. The number of hydrogen-bond donors (Lipinski definition) is 2. The van der Waals surface area contributed by atoms with Crippen molar-refractivity contribution in [3.8, 4) is 0 Å². The van der Waals surface area contributed by atoms with Crippen LogP contribution in [0.3, 0.4) is 0 Å². The van der Waals surface area contributed by atoms with Crippen molar-refractivity contribution in [2.45, 2.75) is 61.5 Å².